The predicted molar refractivity (Wildman–Crippen MR) is 66.9 cm³/mol. The highest BCUT2D eigenvalue weighted by Crippen LogP contribution is 2.19. The van der Waals surface area contributed by atoms with Crippen LogP contribution in [-0.2, 0) is 6.54 Å². The van der Waals surface area contributed by atoms with Crippen LogP contribution in [0.25, 0.3) is 0 Å². The van der Waals surface area contributed by atoms with Crippen LogP contribution in [0.2, 0.25) is 5.02 Å². The van der Waals surface area contributed by atoms with Gasteiger partial charge in [-0.05, 0) is 26.0 Å². The van der Waals surface area contributed by atoms with E-state index in [1.54, 1.807) is 6.07 Å². The molecule has 90 valence electrons. The van der Waals surface area contributed by atoms with Crippen molar-refractivity contribution in [3.8, 4) is 5.88 Å². The SMILES string of the molecule is CNCc1nc(OC(C)C(C)C)ccc1Cl. The molecule has 0 aliphatic heterocycles. The Labute approximate surface area is 102 Å². The Kier molecular flexibility index (Phi) is 5.03. The molecule has 0 saturated heterocycles. The number of halogens is 1. The lowest BCUT2D eigenvalue weighted by molar-refractivity contribution is 0.163. The van der Waals surface area contributed by atoms with Gasteiger partial charge in [0, 0.05) is 12.6 Å². The Morgan fingerprint density at radius 2 is 2.06 bits per heavy atom. The van der Waals surface area contributed by atoms with Crippen LogP contribution in [0.1, 0.15) is 26.5 Å². The molecule has 0 amide bonds. The topological polar surface area (TPSA) is 34.2 Å². The maximum absolute atomic E-state index is 6.02. The second-order valence-electron chi connectivity index (χ2n) is 4.18. The van der Waals surface area contributed by atoms with Gasteiger partial charge in [-0.2, -0.15) is 0 Å². The highest BCUT2D eigenvalue weighted by Gasteiger charge is 2.10. The van der Waals surface area contributed by atoms with Gasteiger partial charge in [-0.25, -0.2) is 4.98 Å². The van der Waals surface area contributed by atoms with Crippen molar-refractivity contribution in [3.63, 3.8) is 0 Å². The second-order valence-corrected chi connectivity index (χ2v) is 4.58. The number of hydrogen-bond donors (Lipinski definition) is 1. The Balaban J connectivity index is 2.78. The van der Waals surface area contributed by atoms with Crippen LogP contribution in [0.4, 0.5) is 0 Å². The van der Waals surface area contributed by atoms with Gasteiger partial charge in [0.15, 0.2) is 0 Å². The molecule has 0 aliphatic rings. The number of rotatable bonds is 5. The first-order valence-corrected chi connectivity index (χ1v) is 5.89. The van der Waals surface area contributed by atoms with E-state index >= 15 is 0 Å². The molecule has 0 spiro atoms. The van der Waals surface area contributed by atoms with E-state index in [-0.39, 0.29) is 6.10 Å². The zero-order valence-corrected chi connectivity index (χ0v) is 11.0. The van der Waals surface area contributed by atoms with Crippen molar-refractivity contribution < 1.29 is 4.74 Å². The van der Waals surface area contributed by atoms with Crippen LogP contribution in [0.15, 0.2) is 12.1 Å². The van der Waals surface area contributed by atoms with Crippen molar-refractivity contribution in [2.24, 2.45) is 5.92 Å². The summed E-state index contributed by atoms with van der Waals surface area (Å²) < 4.78 is 5.72. The fraction of sp³-hybridized carbons (Fsp3) is 0.583. The summed E-state index contributed by atoms with van der Waals surface area (Å²) in [6, 6.07) is 3.63. The molecule has 16 heavy (non-hydrogen) atoms. The Morgan fingerprint density at radius 1 is 1.38 bits per heavy atom. The zero-order chi connectivity index (χ0) is 12.1. The molecule has 0 fully saturated rings. The van der Waals surface area contributed by atoms with Crippen molar-refractivity contribution in [2.45, 2.75) is 33.4 Å². The van der Waals surface area contributed by atoms with Crippen LogP contribution < -0.4 is 10.1 Å². The molecule has 1 rings (SSSR count). The molecular weight excluding hydrogens is 224 g/mol. The van der Waals surface area contributed by atoms with Gasteiger partial charge in [-0.15, -0.1) is 0 Å². The van der Waals surface area contributed by atoms with Gasteiger partial charge in [0.2, 0.25) is 5.88 Å². The summed E-state index contributed by atoms with van der Waals surface area (Å²) in [6.07, 6.45) is 0.149. The number of pyridine rings is 1. The molecule has 0 bridgehead atoms. The molecule has 1 heterocycles. The molecule has 0 saturated carbocycles. The smallest absolute Gasteiger partial charge is 0.213 e. The third kappa shape index (κ3) is 3.65. The molecular formula is C12H19ClN2O. The number of aromatic nitrogens is 1. The van der Waals surface area contributed by atoms with Crippen LogP contribution >= 0.6 is 11.6 Å². The van der Waals surface area contributed by atoms with Crippen LogP contribution in [0, 0.1) is 5.92 Å². The average Bonchev–Trinajstić information content (AvgIpc) is 2.23. The Hall–Kier alpha value is -0.800. The lowest BCUT2D eigenvalue weighted by Crippen LogP contribution is -2.19. The minimum Gasteiger partial charge on any atom is -0.474 e. The van der Waals surface area contributed by atoms with Crippen LogP contribution in [0.5, 0.6) is 5.88 Å². The number of nitrogens with zero attached hydrogens (tertiary/aromatic N) is 1. The third-order valence-electron chi connectivity index (χ3n) is 2.48. The summed E-state index contributed by atoms with van der Waals surface area (Å²) in [5, 5.41) is 3.69. The van der Waals surface area contributed by atoms with Gasteiger partial charge >= 0.3 is 0 Å². The zero-order valence-electron chi connectivity index (χ0n) is 10.2. The molecule has 0 aromatic carbocycles. The standard InChI is InChI=1S/C12H19ClN2O/c1-8(2)9(3)16-12-6-5-10(13)11(15-12)7-14-4/h5-6,8-9,14H,7H2,1-4H3. The molecule has 0 aliphatic carbocycles. The van der Waals surface area contributed by atoms with E-state index in [1.807, 2.05) is 20.0 Å². The van der Waals surface area contributed by atoms with E-state index in [4.69, 9.17) is 16.3 Å². The molecule has 1 unspecified atom stereocenters. The maximum Gasteiger partial charge on any atom is 0.213 e. The third-order valence-corrected chi connectivity index (χ3v) is 2.83. The number of hydrogen-bond acceptors (Lipinski definition) is 3. The summed E-state index contributed by atoms with van der Waals surface area (Å²) >= 11 is 6.02. The monoisotopic (exact) mass is 242 g/mol. The molecule has 4 heteroatoms. The second kappa shape index (κ2) is 6.06. The average molecular weight is 243 g/mol. The van der Waals surface area contributed by atoms with Crippen molar-refractivity contribution in [1.29, 1.82) is 0 Å². The van der Waals surface area contributed by atoms with E-state index in [1.165, 1.54) is 0 Å². The first-order chi connectivity index (χ1) is 7.54. The molecule has 1 aromatic rings. The van der Waals surface area contributed by atoms with Gasteiger partial charge in [-0.1, -0.05) is 25.4 Å². The minimum atomic E-state index is 0.149. The predicted octanol–water partition coefficient (Wildman–Crippen LogP) is 2.88. The fourth-order valence-corrected chi connectivity index (χ4v) is 1.32. The van der Waals surface area contributed by atoms with Crippen LogP contribution in [0.3, 0.4) is 0 Å². The van der Waals surface area contributed by atoms with Crippen molar-refractivity contribution in [1.82, 2.24) is 10.3 Å². The van der Waals surface area contributed by atoms with Gasteiger partial charge < -0.3 is 10.1 Å². The minimum absolute atomic E-state index is 0.149. The summed E-state index contributed by atoms with van der Waals surface area (Å²) in [5.74, 6) is 1.10. The highest BCUT2D eigenvalue weighted by atomic mass is 35.5. The summed E-state index contributed by atoms with van der Waals surface area (Å²) in [6.45, 7) is 6.93. The largest absolute Gasteiger partial charge is 0.474 e. The van der Waals surface area contributed by atoms with Crippen molar-refractivity contribution in [2.75, 3.05) is 7.05 Å². The van der Waals surface area contributed by atoms with Crippen molar-refractivity contribution >= 4 is 11.6 Å². The van der Waals surface area contributed by atoms with Crippen LogP contribution in [-0.4, -0.2) is 18.1 Å². The lowest BCUT2D eigenvalue weighted by atomic mass is 10.1. The fourth-order valence-electron chi connectivity index (χ4n) is 1.15. The van der Waals surface area contributed by atoms with Gasteiger partial charge in [-0.3, -0.25) is 0 Å². The van der Waals surface area contributed by atoms with E-state index in [9.17, 15) is 0 Å². The molecule has 0 radical (unpaired) electrons. The molecule has 1 atom stereocenters. The van der Waals surface area contributed by atoms with E-state index < -0.39 is 0 Å². The Bertz CT molecular complexity index is 342. The first-order valence-electron chi connectivity index (χ1n) is 5.51. The number of nitrogens with one attached hydrogen (secondary N) is 1. The lowest BCUT2D eigenvalue weighted by Gasteiger charge is -2.17. The van der Waals surface area contributed by atoms with Gasteiger partial charge in [0.1, 0.15) is 0 Å². The summed E-state index contributed by atoms with van der Waals surface area (Å²) in [4.78, 5) is 4.37. The van der Waals surface area contributed by atoms with E-state index in [2.05, 4.69) is 24.1 Å². The van der Waals surface area contributed by atoms with E-state index in [0.717, 1.165) is 5.69 Å². The summed E-state index contributed by atoms with van der Waals surface area (Å²) in [5.41, 5.74) is 0.817. The molecule has 1 N–H and O–H groups in total. The van der Waals surface area contributed by atoms with Gasteiger partial charge in [0.25, 0.3) is 0 Å². The van der Waals surface area contributed by atoms with Gasteiger partial charge in [0.05, 0.1) is 16.8 Å². The first kappa shape index (κ1) is 13.3. The normalized spacial score (nSPS) is 12.9. The van der Waals surface area contributed by atoms with Crippen molar-refractivity contribution in [3.05, 3.63) is 22.8 Å². The molecule has 3 nitrogen and oxygen atoms in total. The quantitative estimate of drug-likeness (QED) is 0.862. The van der Waals surface area contributed by atoms with E-state index in [0.29, 0.717) is 23.4 Å². The summed E-state index contributed by atoms with van der Waals surface area (Å²) in [7, 11) is 1.86. The highest BCUT2D eigenvalue weighted by molar-refractivity contribution is 6.31. The maximum atomic E-state index is 6.02. The number of ether oxygens (including phenoxy) is 1. The Morgan fingerprint density at radius 3 is 2.62 bits per heavy atom. The molecule has 1 aromatic heterocycles.